The van der Waals surface area contributed by atoms with Gasteiger partial charge in [0.05, 0.1) is 17.7 Å². The fourth-order valence-electron chi connectivity index (χ4n) is 3.09. The number of aromatic nitrogens is 3. The molecule has 0 amide bonds. The van der Waals surface area contributed by atoms with Crippen LogP contribution in [0.2, 0.25) is 0 Å². The van der Waals surface area contributed by atoms with Crippen molar-refractivity contribution in [2.75, 3.05) is 0 Å². The lowest BCUT2D eigenvalue weighted by Gasteiger charge is -2.21. The summed E-state index contributed by atoms with van der Waals surface area (Å²) in [6.45, 7) is 5.36. The second kappa shape index (κ2) is 4.55. The fourth-order valence-corrected chi connectivity index (χ4v) is 3.09. The maximum atomic E-state index is 4.64. The highest BCUT2D eigenvalue weighted by molar-refractivity contribution is 5.81. The Morgan fingerprint density at radius 2 is 2.00 bits per heavy atom. The number of hydrogen-bond acceptors (Lipinski definition) is 2. The SMILES string of the molecule is Cc1cc2c(cc1C)-c1c(-c3cccnc3)ncn1CC2. The average Bonchev–Trinajstić information content (AvgIpc) is 2.94. The normalized spacial score (nSPS) is 12.9. The van der Waals surface area contributed by atoms with Gasteiger partial charge >= 0.3 is 0 Å². The van der Waals surface area contributed by atoms with E-state index in [2.05, 4.69) is 46.6 Å². The number of rotatable bonds is 1. The Kier molecular flexibility index (Phi) is 2.67. The molecule has 0 bridgehead atoms. The van der Waals surface area contributed by atoms with Crippen molar-refractivity contribution in [1.82, 2.24) is 14.5 Å². The minimum atomic E-state index is 0.998. The standard InChI is InChI=1S/C18H17N3/c1-12-8-14-5-7-21-11-20-17(15-4-3-6-19-10-15)18(21)16(14)9-13(12)2/h3-4,6,8-11H,5,7H2,1-2H3. The Bertz CT molecular complexity index is 816. The van der Waals surface area contributed by atoms with Crippen LogP contribution in [-0.4, -0.2) is 14.5 Å². The topological polar surface area (TPSA) is 30.7 Å². The van der Waals surface area contributed by atoms with E-state index in [-0.39, 0.29) is 0 Å². The molecule has 3 nitrogen and oxygen atoms in total. The molecule has 0 saturated heterocycles. The van der Waals surface area contributed by atoms with Crippen molar-refractivity contribution >= 4 is 0 Å². The zero-order valence-corrected chi connectivity index (χ0v) is 12.3. The molecule has 2 aromatic heterocycles. The molecule has 3 heteroatoms. The molecule has 0 N–H and O–H groups in total. The van der Waals surface area contributed by atoms with Crippen molar-refractivity contribution in [3.05, 3.63) is 59.7 Å². The Hall–Kier alpha value is -2.42. The van der Waals surface area contributed by atoms with Crippen molar-refractivity contribution in [3.63, 3.8) is 0 Å². The Labute approximate surface area is 124 Å². The van der Waals surface area contributed by atoms with Gasteiger partial charge in [-0.2, -0.15) is 0 Å². The van der Waals surface area contributed by atoms with Gasteiger partial charge in [-0.1, -0.05) is 6.07 Å². The molecule has 21 heavy (non-hydrogen) atoms. The molecule has 3 aromatic rings. The van der Waals surface area contributed by atoms with Crippen LogP contribution < -0.4 is 0 Å². The summed E-state index contributed by atoms with van der Waals surface area (Å²) in [7, 11) is 0. The summed E-state index contributed by atoms with van der Waals surface area (Å²) in [5.41, 5.74) is 8.79. The van der Waals surface area contributed by atoms with E-state index in [0.717, 1.165) is 24.2 Å². The van der Waals surface area contributed by atoms with Gasteiger partial charge in [0.2, 0.25) is 0 Å². The van der Waals surface area contributed by atoms with Crippen LogP contribution in [0.4, 0.5) is 0 Å². The van der Waals surface area contributed by atoms with E-state index in [4.69, 9.17) is 0 Å². The molecule has 3 heterocycles. The van der Waals surface area contributed by atoms with Crippen molar-refractivity contribution in [3.8, 4) is 22.5 Å². The predicted octanol–water partition coefficient (Wildman–Crippen LogP) is 3.79. The van der Waals surface area contributed by atoms with E-state index >= 15 is 0 Å². The van der Waals surface area contributed by atoms with Crippen molar-refractivity contribution in [1.29, 1.82) is 0 Å². The largest absolute Gasteiger partial charge is 0.330 e. The molecular formula is C18H17N3. The summed E-state index contributed by atoms with van der Waals surface area (Å²) in [6.07, 6.45) is 6.72. The van der Waals surface area contributed by atoms with Crippen LogP contribution in [0.25, 0.3) is 22.5 Å². The zero-order valence-electron chi connectivity index (χ0n) is 12.3. The zero-order chi connectivity index (χ0) is 14.4. The van der Waals surface area contributed by atoms with Gasteiger partial charge in [-0.15, -0.1) is 0 Å². The van der Waals surface area contributed by atoms with Crippen LogP contribution in [0.1, 0.15) is 16.7 Å². The minimum Gasteiger partial charge on any atom is -0.330 e. The van der Waals surface area contributed by atoms with Crippen molar-refractivity contribution in [2.45, 2.75) is 26.8 Å². The highest BCUT2D eigenvalue weighted by atomic mass is 15.1. The summed E-state index contributed by atoms with van der Waals surface area (Å²) in [4.78, 5) is 8.87. The maximum Gasteiger partial charge on any atom is 0.0978 e. The predicted molar refractivity (Wildman–Crippen MR) is 84.1 cm³/mol. The number of hydrogen-bond donors (Lipinski definition) is 0. The lowest BCUT2D eigenvalue weighted by Crippen LogP contribution is -2.10. The van der Waals surface area contributed by atoms with Crippen LogP contribution in [0.3, 0.4) is 0 Å². The van der Waals surface area contributed by atoms with Gasteiger partial charge in [0.1, 0.15) is 0 Å². The van der Waals surface area contributed by atoms with Gasteiger partial charge in [-0.3, -0.25) is 4.98 Å². The highest BCUT2D eigenvalue weighted by Crippen LogP contribution is 2.37. The molecule has 0 unspecified atom stereocenters. The summed E-state index contributed by atoms with van der Waals surface area (Å²) >= 11 is 0. The van der Waals surface area contributed by atoms with Gasteiger partial charge in [-0.25, -0.2) is 4.98 Å². The maximum absolute atomic E-state index is 4.64. The summed E-state index contributed by atoms with van der Waals surface area (Å²) in [5.74, 6) is 0. The molecule has 1 aromatic carbocycles. The monoisotopic (exact) mass is 275 g/mol. The third-order valence-corrected chi connectivity index (χ3v) is 4.37. The first-order valence-electron chi connectivity index (χ1n) is 7.30. The van der Waals surface area contributed by atoms with Gasteiger partial charge in [-0.05, 0) is 55.2 Å². The fraction of sp³-hybridized carbons (Fsp3) is 0.222. The van der Waals surface area contributed by atoms with E-state index in [1.807, 2.05) is 18.6 Å². The Morgan fingerprint density at radius 1 is 1.14 bits per heavy atom. The molecule has 4 rings (SSSR count). The van der Waals surface area contributed by atoms with Gasteiger partial charge < -0.3 is 4.57 Å². The first kappa shape index (κ1) is 12.3. The number of fused-ring (bicyclic) bond motifs is 3. The molecule has 0 saturated carbocycles. The second-order valence-corrected chi connectivity index (χ2v) is 5.72. The Balaban J connectivity index is 1.97. The molecule has 0 radical (unpaired) electrons. The summed E-state index contributed by atoms with van der Waals surface area (Å²) in [6, 6.07) is 8.67. The molecule has 0 spiro atoms. The molecule has 104 valence electrons. The smallest absolute Gasteiger partial charge is 0.0978 e. The average molecular weight is 275 g/mol. The molecule has 0 atom stereocenters. The van der Waals surface area contributed by atoms with E-state index in [9.17, 15) is 0 Å². The van der Waals surface area contributed by atoms with Gasteiger partial charge in [0.25, 0.3) is 0 Å². The number of benzene rings is 1. The minimum absolute atomic E-state index is 0.998. The van der Waals surface area contributed by atoms with Gasteiger partial charge in [0, 0.05) is 30.1 Å². The quantitative estimate of drug-likeness (QED) is 0.676. The number of aryl methyl sites for hydroxylation is 4. The van der Waals surface area contributed by atoms with E-state index < -0.39 is 0 Å². The highest BCUT2D eigenvalue weighted by Gasteiger charge is 2.22. The molecule has 0 fully saturated rings. The number of pyridine rings is 1. The van der Waals surface area contributed by atoms with Crippen molar-refractivity contribution < 1.29 is 0 Å². The molecule has 0 aliphatic carbocycles. The van der Waals surface area contributed by atoms with Crippen LogP contribution in [-0.2, 0) is 13.0 Å². The van der Waals surface area contributed by atoms with E-state index in [1.54, 1.807) is 6.20 Å². The second-order valence-electron chi connectivity index (χ2n) is 5.72. The number of imidazole rings is 1. The Morgan fingerprint density at radius 3 is 2.81 bits per heavy atom. The number of nitrogens with zero attached hydrogens (tertiary/aromatic N) is 3. The third kappa shape index (κ3) is 1.88. The van der Waals surface area contributed by atoms with Crippen LogP contribution in [0.5, 0.6) is 0 Å². The molecule has 1 aliphatic rings. The van der Waals surface area contributed by atoms with Crippen LogP contribution in [0.15, 0.2) is 43.0 Å². The van der Waals surface area contributed by atoms with Crippen molar-refractivity contribution in [2.24, 2.45) is 0 Å². The lowest BCUT2D eigenvalue weighted by molar-refractivity contribution is 0.684. The summed E-state index contributed by atoms with van der Waals surface area (Å²) in [5, 5.41) is 0. The molecule has 1 aliphatic heterocycles. The van der Waals surface area contributed by atoms with E-state index in [0.29, 0.717) is 0 Å². The third-order valence-electron chi connectivity index (χ3n) is 4.37. The first-order valence-corrected chi connectivity index (χ1v) is 7.30. The van der Waals surface area contributed by atoms with Crippen LogP contribution in [0, 0.1) is 13.8 Å². The summed E-state index contributed by atoms with van der Waals surface area (Å²) < 4.78 is 2.26. The molecular weight excluding hydrogens is 258 g/mol. The van der Waals surface area contributed by atoms with Crippen LogP contribution >= 0.6 is 0 Å². The van der Waals surface area contributed by atoms with E-state index in [1.165, 1.54) is 27.9 Å². The lowest BCUT2D eigenvalue weighted by atomic mass is 9.92. The van der Waals surface area contributed by atoms with Gasteiger partial charge in [0.15, 0.2) is 0 Å². The first-order chi connectivity index (χ1) is 10.2.